The van der Waals surface area contributed by atoms with Gasteiger partial charge in [0.25, 0.3) is 0 Å². The molecule has 3 aromatic heterocycles. The second-order valence-corrected chi connectivity index (χ2v) is 13.2. The number of nitrogens with zero attached hydrogens (tertiary/aromatic N) is 5. The lowest BCUT2D eigenvalue weighted by atomic mass is 9.87. The number of alkyl halides is 1. The van der Waals surface area contributed by atoms with Gasteiger partial charge in [-0.05, 0) is 43.1 Å². The topological polar surface area (TPSA) is 72.7 Å². The second kappa shape index (κ2) is 12.5. The molecule has 0 unspecified atom stereocenters. The highest BCUT2D eigenvalue weighted by Gasteiger charge is 2.43. The van der Waals surface area contributed by atoms with Crippen LogP contribution in [0.3, 0.4) is 0 Å². The summed E-state index contributed by atoms with van der Waals surface area (Å²) < 4.78 is 59.7. The van der Waals surface area contributed by atoms with Crippen molar-refractivity contribution in [2.75, 3.05) is 47.0 Å². The summed E-state index contributed by atoms with van der Waals surface area (Å²) in [5.41, 5.74) is 2.64. The molecule has 1 saturated heterocycles. The van der Waals surface area contributed by atoms with Crippen molar-refractivity contribution in [2.24, 2.45) is 0 Å². The minimum Gasteiger partial charge on any atom is -0.490 e. The van der Waals surface area contributed by atoms with Crippen LogP contribution in [0.5, 0.6) is 5.75 Å². The maximum absolute atomic E-state index is 16.1. The Bertz CT molecular complexity index is 2040. The van der Waals surface area contributed by atoms with Gasteiger partial charge >= 0.3 is 0 Å². The number of ether oxygens (including phenoxy) is 2. The number of halogens is 3. The van der Waals surface area contributed by atoms with E-state index < -0.39 is 17.3 Å². The maximum atomic E-state index is 16.1. The Morgan fingerprint density at radius 3 is 2.56 bits per heavy atom. The molecule has 0 spiro atoms. The fourth-order valence-electron chi connectivity index (χ4n) is 6.76. The average molecular weight is 674 g/mol. The molecule has 1 amide bonds. The molecule has 7 rings (SSSR count). The van der Waals surface area contributed by atoms with Gasteiger partial charge in [-0.3, -0.25) is 14.4 Å². The predicted octanol–water partition coefficient (Wildman–Crippen LogP) is 7.00. The Morgan fingerprint density at radius 1 is 1.08 bits per heavy atom. The first-order valence-electron chi connectivity index (χ1n) is 15.6. The number of hydrogen-bond acceptors (Lipinski definition) is 7. The molecule has 48 heavy (non-hydrogen) atoms. The minimum atomic E-state index is -1.40. The van der Waals surface area contributed by atoms with Crippen LogP contribution in [0.4, 0.5) is 13.2 Å². The number of fused-ring (bicyclic) bond motifs is 2. The largest absolute Gasteiger partial charge is 0.490 e. The predicted molar refractivity (Wildman–Crippen MR) is 180 cm³/mol. The number of likely N-dealkylation sites (N-methyl/N-ethyl adjacent to an activating group) is 1. The first kappa shape index (κ1) is 32.0. The van der Waals surface area contributed by atoms with Gasteiger partial charge < -0.3 is 14.4 Å². The summed E-state index contributed by atoms with van der Waals surface area (Å²) in [4.78, 5) is 21.4. The van der Waals surface area contributed by atoms with E-state index in [2.05, 4.69) is 6.58 Å². The molecule has 0 radical (unpaired) electrons. The fourth-order valence-corrected chi connectivity index (χ4v) is 7.71. The van der Waals surface area contributed by atoms with Crippen LogP contribution < -0.4 is 4.74 Å². The van der Waals surface area contributed by atoms with Crippen molar-refractivity contribution in [3.63, 3.8) is 0 Å². The number of aromatic nitrogens is 3. The molecule has 2 aliphatic heterocycles. The van der Waals surface area contributed by atoms with Crippen LogP contribution in [-0.2, 0) is 21.7 Å². The number of benzene rings is 2. The van der Waals surface area contributed by atoms with E-state index in [1.807, 2.05) is 53.2 Å². The van der Waals surface area contributed by atoms with E-state index >= 15 is 8.78 Å². The SMILES string of the molecule is C=CC(=O)N1CCn2nc(-c3nc(-c4ccc(C5(F)CN(C)C5)cc4)c4ccsc4c3-c3c(F)cc(F)cc3OCCOC)cc2[C@H]1C. The number of carbonyl (C=O) groups excluding carboxylic acids is 1. The summed E-state index contributed by atoms with van der Waals surface area (Å²) in [6.45, 7) is 7.39. The summed E-state index contributed by atoms with van der Waals surface area (Å²) in [5, 5.41) is 7.55. The van der Waals surface area contributed by atoms with Crippen molar-refractivity contribution in [2.45, 2.75) is 25.2 Å². The lowest BCUT2D eigenvalue weighted by Crippen LogP contribution is -2.54. The molecule has 1 fully saturated rings. The van der Waals surface area contributed by atoms with Crippen LogP contribution in [-0.4, -0.2) is 77.5 Å². The van der Waals surface area contributed by atoms with Crippen molar-refractivity contribution in [1.82, 2.24) is 24.6 Å². The average Bonchev–Trinajstić information content (AvgIpc) is 3.72. The summed E-state index contributed by atoms with van der Waals surface area (Å²) in [5.74, 6) is -1.76. The van der Waals surface area contributed by atoms with Crippen LogP contribution in [0.25, 0.3) is 43.9 Å². The molecule has 0 aliphatic carbocycles. The van der Waals surface area contributed by atoms with E-state index in [-0.39, 0.29) is 36.5 Å². The minimum absolute atomic E-state index is 0.0122. The molecule has 0 saturated carbocycles. The van der Waals surface area contributed by atoms with Gasteiger partial charge in [0.05, 0.1) is 36.1 Å². The highest BCUT2D eigenvalue weighted by molar-refractivity contribution is 7.18. The van der Waals surface area contributed by atoms with Crippen LogP contribution in [0.1, 0.15) is 24.2 Å². The zero-order valence-electron chi connectivity index (χ0n) is 26.8. The van der Waals surface area contributed by atoms with Crippen molar-refractivity contribution in [3.8, 4) is 39.5 Å². The highest BCUT2D eigenvalue weighted by atomic mass is 32.1. The lowest BCUT2D eigenvalue weighted by molar-refractivity contribution is -0.129. The number of rotatable bonds is 9. The Kier molecular flexibility index (Phi) is 8.34. The maximum Gasteiger partial charge on any atom is 0.246 e. The molecule has 1 atom stereocenters. The van der Waals surface area contributed by atoms with Crippen LogP contribution in [0.2, 0.25) is 0 Å². The first-order valence-corrected chi connectivity index (χ1v) is 16.5. The van der Waals surface area contributed by atoms with E-state index in [9.17, 15) is 9.18 Å². The number of amides is 1. The van der Waals surface area contributed by atoms with E-state index in [0.29, 0.717) is 59.1 Å². The summed E-state index contributed by atoms with van der Waals surface area (Å²) in [6, 6.07) is 12.7. The van der Waals surface area contributed by atoms with Gasteiger partial charge in [-0.2, -0.15) is 5.10 Å². The monoisotopic (exact) mass is 673 g/mol. The Balaban J connectivity index is 1.44. The normalized spacial score (nSPS) is 17.3. The number of pyridine rings is 1. The van der Waals surface area contributed by atoms with Gasteiger partial charge in [0.2, 0.25) is 5.91 Å². The van der Waals surface area contributed by atoms with Crippen molar-refractivity contribution < 1.29 is 27.4 Å². The van der Waals surface area contributed by atoms with Gasteiger partial charge in [-0.1, -0.05) is 30.8 Å². The quantitative estimate of drug-likeness (QED) is 0.124. The molecule has 5 heterocycles. The third kappa shape index (κ3) is 5.47. The van der Waals surface area contributed by atoms with E-state index in [0.717, 1.165) is 28.8 Å². The third-order valence-electron chi connectivity index (χ3n) is 9.10. The third-order valence-corrected chi connectivity index (χ3v) is 10.0. The second-order valence-electron chi connectivity index (χ2n) is 12.3. The van der Waals surface area contributed by atoms with Gasteiger partial charge in [-0.15, -0.1) is 11.3 Å². The Hall–Kier alpha value is -4.52. The van der Waals surface area contributed by atoms with E-state index in [4.69, 9.17) is 19.6 Å². The lowest BCUT2D eigenvalue weighted by Gasteiger charge is -2.42. The van der Waals surface area contributed by atoms with Gasteiger partial charge in [-0.25, -0.2) is 18.2 Å². The van der Waals surface area contributed by atoms with Crippen molar-refractivity contribution in [3.05, 3.63) is 89.5 Å². The highest BCUT2D eigenvalue weighted by Crippen LogP contribution is 2.47. The molecule has 2 aromatic carbocycles. The number of carbonyl (C=O) groups is 1. The standard InChI is InChI=1S/C36H34F3N5O3S/c1-5-30(45)43-11-12-44-28(21(43)2)18-27(41-44)34-32(31-26(38)16-24(37)17-29(31)47-14-13-46-4)35-25(10-15-48-35)33(40-34)22-6-8-23(9-7-22)36(39)19-42(3)20-36/h5-10,15-18,21H,1,11-14,19-20H2,2-4H3/t21-/m1/s1. The van der Waals surface area contributed by atoms with Crippen LogP contribution >= 0.6 is 11.3 Å². The Morgan fingerprint density at radius 2 is 1.85 bits per heavy atom. The fraction of sp³-hybridized carbons (Fsp3) is 0.306. The van der Waals surface area contributed by atoms with E-state index in [1.165, 1.54) is 24.5 Å². The van der Waals surface area contributed by atoms with Crippen molar-refractivity contribution >= 4 is 27.3 Å². The van der Waals surface area contributed by atoms with Crippen LogP contribution in [0.15, 0.2) is 66.6 Å². The molecule has 2 aliphatic rings. The number of thiophene rings is 1. The number of hydrogen-bond donors (Lipinski definition) is 0. The number of methoxy groups -OCH3 is 1. The number of likely N-dealkylation sites (tertiary alicyclic amines) is 1. The van der Waals surface area contributed by atoms with Gasteiger partial charge in [0.1, 0.15) is 35.4 Å². The van der Waals surface area contributed by atoms with E-state index in [1.54, 1.807) is 17.0 Å². The smallest absolute Gasteiger partial charge is 0.246 e. The Labute approximate surface area is 280 Å². The van der Waals surface area contributed by atoms with Crippen LogP contribution in [0, 0.1) is 11.6 Å². The molecular formula is C36H34F3N5O3S. The molecular weight excluding hydrogens is 639 g/mol. The van der Waals surface area contributed by atoms with Gasteiger partial charge in [0.15, 0.2) is 5.67 Å². The molecule has 248 valence electrons. The molecule has 0 N–H and O–H groups in total. The summed E-state index contributed by atoms with van der Waals surface area (Å²) >= 11 is 1.39. The zero-order valence-corrected chi connectivity index (χ0v) is 27.6. The van der Waals surface area contributed by atoms with Crippen molar-refractivity contribution in [1.29, 1.82) is 0 Å². The molecule has 5 aromatic rings. The molecule has 12 heteroatoms. The molecule has 0 bridgehead atoms. The molecule has 8 nitrogen and oxygen atoms in total. The zero-order chi connectivity index (χ0) is 33.7. The van der Waals surface area contributed by atoms with Gasteiger partial charge in [0, 0.05) is 60.1 Å². The first-order chi connectivity index (χ1) is 23.1. The summed E-state index contributed by atoms with van der Waals surface area (Å²) in [6.07, 6.45) is 1.29. The summed E-state index contributed by atoms with van der Waals surface area (Å²) in [7, 11) is 3.40.